The maximum Gasteiger partial charge on any atom is 0.329 e. The summed E-state index contributed by atoms with van der Waals surface area (Å²) in [4.78, 5) is 22.7. The lowest BCUT2D eigenvalue weighted by atomic mass is 10.4. The molecular formula is C9H13NO4. The number of carboxylic acid groups (broad SMARTS) is 1. The second-order valence-electron chi connectivity index (χ2n) is 2.50. The van der Waals surface area contributed by atoms with Crippen molar-refractivity contribution in [2.75, 3.05) is 26.3 Å². The smallest absolute Gasteiger partial charge is 0.329 e. The average molecular weight is 199 g/mol. The highest BCUT2D eigenvalue weighted by Crippen LogP contribution is 1.89. The van der Waals surface area contributed by atoms with Crippen molar-refractivity contribution in [1.29, 1.82) is 0 Å². The van der Waals surface area contributed by atoms with Crippen LogP contribution >= 0.6 is 0 Å². The third-order valence-electron chi connectivity index (χ3n) is 1.47. The van der Waals surface area contributed by atoms with Crippen molar-refractivity contribution in [3.63, 3.8) is 0 Å². The molecule has 0 atom stereocenters. The van der Waals surface area contributed by atoms with Crippen molar-refractivity contribution in [2.45, 2.75) is 6.92 Å². The van der Waals surface area contributed by atoms with Crippen LogP contribution in [0.5, 0.6) is 0 Å². The molecule has 1 amide bonds. The van der Waals surface area contributed by atoms with E-state index in [1.54, 1.807) is 6.92 Å². The number of likely N-dealkylation sites (N-methyl/N-ethyl adjacent to an activating group) is 1. The number of rotatable bonds is 6. The first-order valence-electron chi connectivity index (χ1n) is 4.12. The molecule has 5 heteroatoms. The number of hydrogen-bond acceptors (Lipinski definition) is 3. The molecule has 0 aliphatic carbocycles. The molecule has 1 N–H and O–H groups in total. The van der Waals surface area contributed by atoms with Gasteiger partial charge in [0.25, 0.3) is 0 Å². The molecular weight excluding hydrogens is 186 g/mol. The number of amides is 1. The van der Waals surface area contributed by atoms with Gasteiger partial charge >= 0.3 is 5.97 Å². The Morgan fingerprint density at radius 1 is 1.50 bits per heavy atom. The van der Waals surface area contributed by atoms with Crippen molar-refractivity contribution in [3.05, 3.63) is 0 Å². The summed E-state index contributed by atoms with van der Waals surface area (Å²) in [6.45, 7) is 1.76. The minimum Gasteiger partial charge on any atom is -0.480 e. The number of carbonyl (C=O) groups excluding carboxylic acids is 1. The predicted octanol–water partition coefficient (Wildman–Crippen LogP) is -0.431. The van der Waals surface area contributed by atoms with Gasteiger partial charge in [-0.1, -0.05) is 5.92 Å². The number of ether oxygens (including phenoxy) is 1. The highest BCUT2D eigenvalue weighted by molar-refractivity contribution is 5.78. The third-order valence-corrected chi connectivity index (χ3v) is 1.47. The molecule has 0 saturated carbocycles. The average Bonchev–Trinajstić information content (AvgIpc) is 2.13. The van der Waals surface area contributed by atoms with Crippen LogP contribution < -0.4 is 0 Å². The van der Waals surface area contributed by atoms with Gasteiger partial charge in [0, 0.05) is 6.54 Å². The van der Waals surface area contributed by atoms with Crippen LogP contribution in [0, 0.1) is 12.3 Å². The Kier molecular flexibility index (Phi) is 6.16. The van der Waals surface area contributed by atoms with Crippen LogP contribution in [-0.2, 0) is 14.3 Å². The van der Waals surface area contributed by atoms with Gasteiger partial charge in [0.15, 0.2) is 0 Å². The maximum atomic E-state index is 11.3. The van der Waals surface area contributed by atoms with E-state index in [0.717, 1.165) is 0 Å². The van der Waals surface area contributed by atoms with Crippen molar-refractivity contribution >= 4 is 11.9 Å². The van der Waals surface area contributed by atoms with Crippen molar-refractivity contribution in [2.24, 2.45) is 0 Å². The first kappa shape index (κ1) is 12.5. The lowest BCUT2D eigenvalue weighted by molar-refractivity contribution is -0.145. The summed E-state index contributed by atoms with van der Waals surface area (Å²) in [5.74, 6) is 0.933. The molecule has 0 aliphatic heterocycles. The highest BCUT2D eigenvalue weighted by Gasteiger charge is 2.10. The third kappa shape index (κ3) is 5.17. The van der Waals surface area contributed by atoms with Crippen LogP contribution in [0.1, 0.15) is 6.92 Å². The van der Waals surface area contributed by atoms with E-state index in [9.17, 15) is 9.59 Å². The summed E-state index contributed by atoms with van der Waals surface area (Å²) in [7, 11) is 0. The number of carboxylic acids is 1. The Labute approximate surface area is 82.6 Å². The summed E-state index contributed by atoms with van der Waals surface area (Å²) in [6, 6.07) is 0. The standard InChI is InChI=1S/C9H13NO4/c1-3-5-10(4-2)8(11)6-14-7-9(12)13/h1H,4-7H2,2H3,(H,12,13). The quantitative estimate of drug-likeness (QED) is 0.589. The van der Waals surface area contributed by atoms with Gasteiger partial charge in [-0.3, -0.25) is 4.79 Å². The topological polar surface area (TPSA) is 66.8 Å². The van der Waals surface area contributed by atoms with Crippen LogP contribution in [0.15, 0.2) is 0 Å². The summed E-state index contributed by atoms with van der Waals surface area (Å²) in [5.41, 5.74) is 0. The molecule has 0 spiro atoms. The van der Waals surface area contributed by atoms with Gasteiger partial charge < -0.3 is 14.7 Å². The Hall–Kier alpha value is -1.54. The van der Waals surface area contributed by atoms with Crippen molar-refractivity contribution < 1.29 is 19.4 Å². The highest BCUT2D eigenvalue weighted by atomic mass is 16.5. The van der Waals surface area contributed by atoms with E-state index in [4.69, 9.17) is 11.5 Å². The van der Waals surface area contributed by atoms with Gasteiger partial charge in [-0.2, -0.15) is 0 Å². The van der Waals surface area contributed by atoms with Crippen molar-refractivity contribution in [3.8, 4) is 12.3 Å². The molecule has 5 nitrogen and oxygen atoms in total. The molecule has 0 aliphatic rings. The first-order chi connectivity index (χ1) is 6.61. The van der Waals surface area contributed by atoms with E-state index in [2.05, 4.69) is 10.7 Å². The second-order valence-corrected chi connectivity index (χ2v) is 2.50. The van der Waals surface area contributed by atoms with Crippen LogP contribution in [-0.4, -0.2) is 48.2 Å². The van der Waals surface area contributed by atoms with Crippen molar-refractivity contribution in [1.82, 2.24) is 4.90 Å². The predicted molar refractivity (Wildman–Crippen MR) is 49.5 cm³/mol. The summed E-state index contributed by atoms with van der Waals surface area (Å²) >= 11 is 0. The Balaban J connectivity index is 3.82. The lowest BCUT2D eigenvalue weighted by Gasteiger charge is -2.17. The SMILES string of the molecule is C#CCN(CC)C(=O)COCC(=O)O. The number of terminal acetylenes is 1. The van der Waals surface area contributed by atoms with Crippen LogP contribution in [0.3, 0.4) is 0 Å². The molecule has 0 bridgehead atoms. The zero-order valence-corrected chi connectivity index (χ0v) is 8.02. The summed E-state index contributed by atoms with van der Waals surface area (Å²) in [6.07, 6.45) is 5.04. The molecule has 0 rings (SSSR count). The second kappa shape index (κ2) is 6.92. The Morgan fingerprint density at radius 2 is 2.14 bits per heavy atom. The van der Waals surface area contributed by atoms with Gasteiger partial charge in [-0.25, -0.2) is 4.79 Å². The van der Waals surface area contributed by atoms with Gasteiger partial charge in [-0.05, 0) is 6.92 Å². The molecule has 0 saturated heterocycles. The van der Waals surface area contributed by atoms with Gasteiger partial charge in [0.05, 0.1) is 6.54 Å². The van der Waals surface area contributed by atoms with Crippen LogP contribution in [0.4, 0.5) is 0 Å². The van der Waals surface area contributed by atoms with E-state index in [1.165, 1.54) is 4.90 Å². The lowest BCUT2D eigenvalue weighted by Crippen LogP contribution is -2.34. The van der Waals surface area contributed by atoms with E-state index in [1.807, 2.05) is 0 Å². The number of nitrogens with zero attached hydrogens (tertiary/aromatic N) is 1. The molecule has 78 valence electrons. The number of aliphatic carboxylic acids is 1. The molecule has 0 fully saturated rings. The van der Waals surface area contributed by atoms with E-state index in [0.29, 0.717) is 6.54 Å². The van der Waals surface area contributed by atoms with E-state index in [-0.39, 0.29) is 19.1 Å². The minimum atomic E-state index is -1.10. The van der Waals surface area contributed by atoms with E-state index < -0.39 is 12.6 Å². The summed E-state index contributed by atoms with van der Waals surface area (Å²) < 4.78 is 4.63. The zero-order chi connectivity index (χ0) is 11.0. The number of carbonyl (C=O) groups is 2. The Morgan fingerprint density at radius 3 is 2.57 bits per heavy atom. The largest absolute Gasteiger partial charge is 0.480 e. The minimum absolute atomic E-state index is 0.214. The number of hydrogen-bond donors (Lipinski definition) is 1. The van der Waals surface area contributed by atoms with E-state index >= 15 is 0 Å². The molecule has 0 heterocycles. The fourth-order valence-corrected chi connectivity index (χ4v) is 0.803. The normalized spacial score (nSPS) is 9.14. The summed E-state index contributed by atoms with van der Waals surface area (Å²) in [5, 5.41) is 8.24. The molecule has 14 heavy (non-hydrogen) atoms. The van der Waals surface area contributed by atoms with Gasteiger partial charge in [0.2, 0.25) is 5.91 Å². The fourth-order valence-electron chi connectivity index (χ4n) is 0.803. The molecule has 0 radical (unpaired) electrons. The molecule has 0 unspecified atom stereocenters. The van der Waals surface area contributed by atoms with Crippen LogP contribution in [0.2, 0.25) is 0 Å². The zero-order valence-electron chi connectivity index (χ0n) is 8.02. The molecule has 0 aromatic rings. The monoisotopic (exact) mass is 199 g/mol. The van der Waals surface area contributed by atoms with Crippen LogP contribution in [0.25, 0.3) is 0 Å². The Bertz CT molecular complexity index is 244. The van der Waals surface area contributed by atoms with Gasteiger partial charge in [0.1, 0.15) is 13.2 Å². The maximum absolute atomic E-state index is 11.3. The molecule has 0 aromatic carbocycles. The fraction of sp³-hybridized carbons (Fsp3) is 0.556. The van der Waals surface area contributed by atoms with Gasteiger partial charge in [-0.15, -0.1) is 6.42 Å². The molecule has 0 aromatic heterocycles. The first-order valence-corrected chi connectivity index (χ1v) is 4.12.